The van der Waals surface area contributed by atoms with Crippen LogP contribution in [0.15, 0.2) is 34.0 Å². The third-order valence-electron chi connectivity index (χ3n) is 2.37. The van der Waals surface area contributed by atoms with Gasteiger partial charge in [-0.25, -0.2) is 4.79 Å². The number of hydrogen-bond donors (Lipinski definition) is 1. The van der Waals surface area contributed by atoms with E-state index in [9.17, 15) is 4.79 Å². The average molecular weight is 201 g/mol. The van der Waals surface area contributed by atoms with Gasteiger partial charge in [-0.1, -0.05) is 12.7 Å². The predicted molar refractivity (Wildman–Crippen MR) is 61.7 cm³/mol. The van der Waals surface area contributed by atoms with Crippen LogP contribution in [0.2, 0.25) is 0 Å². The van der Waals surface area contributed by atoms with Gasteiger partial charge >= 0.3 is 5.63 Å². The Bertz CT molecular complexity index is 596. The summed E-state index contributed by atoms with van der Waals surface area (Å²) < 4.78 is 5.08. The van der Waals surface area contributed by atoms with Crippen LogP contribution in [0.5, 0.6) is 0 Å². The molecule has 2 aromatic rings. The number of nitrogen functional groups attached to an aromatic ring is 1. The summed E-state index contributed by atoms with van der Waals surface area (Å²) in [6.07, 6.45) is 1.64. The van der Waals surface area contributed by atoms with Crippen LogP contribution in [0, 0.1) is 6.92 Å². The highest BCUT2D eigenvalue weighted by atomic mass is 16.4. The lowest BCUT2D eigenvalue weighted by atomic mass is 10.1. The van der Waals surface area contributed by atoms with E-state index in [1.807, 2.05) is 6.92 Å². The van der Waals surface area contributed by atoms with Gasteiger partial charge in [0.2, 0.25) is 0 Å². The van der Waals surface area contributed by atoms with Crippen molar-refractivity contribution in [1.29, 1.82) is 0 Å². The molecule has 0 bridgehead atoms. The van der Waals surface area contributed by atoms with Gasteiger partial charge in [-0.3, -0.25) is 0 Å². The first-order chi connectivity index (χ1) is 7.11. The van der Waals surface area contributed by atoms with E-state index in [0.717, 1.165) is 16.5 Å². The lowest BCUT2D eigenvalue weighted by molar-refractivity contribution is 0.560. The summed E-state index contributed by atoms with van der Waals surface area (Å²) in [6, 6.07) is 4.98. The molecule has 1 heterocycles. The Hall–Kier alpha value is -2.03. The van der Waals surface area contributed by atoms with Crippen molar-refractivity contribution in [2.45, 2.75) is 6.92 Å². The summed E-state index contributed by atoms with van der Waals surface area (Å²) in [5, 5.41) is 0.859. The van der Waals surface area contributed by atoms with Crippen molar-refractivity contribution in [3.05, 3.63) is 46.3 Å². The van der Waals surface area contributed by atoms with E-state index in [-0.39, 0.29) is 5.63 Å². The van der Waals surface area contributed by atoms with Crippen molar-refractivity contribution in [3.63, 3.8) is 0 Å². The molecular formula is C12H11NO2. The fourth-order valence-electron chi connectivity index (χ4n) is 1.57. The Kier molecular flexibility index (Phi) is 2.08. The van der Waals surface area contributed by atoms with Gasteiger partial charge in [0.25, 0.3) is 0 Å². The third kappa shape index (κ3) is 1.52. The molecule has 15 heavy (non-hydrogen) atoms. The quantitative estimate of drug-likeness (QED) is 0.569. The molecule has 2 rings (SSSR count). The maximum atomic E-state index is 11.2. The van der Waals surface area contributed by atoms with Crippen LogP contribution >= 0.6 is 0 Å². The van der Waals surface area contributed by atoms with Crippen molar-refractivity contribution in [2.24, 2.45) is 0 Å². The van der Waals surface area contributed by atoms with Gasteiger partial charge in [-0.15, -0.1) is 0 Å². The first-order valence-electron chi connectivity index (χ1n) is 4.58. The van der Waals surface area contributed by atoms with Gasteiger partial charge < -0.3 is 10.2 Å². The van der Waals surface area contributed by atoms with Crippen LogP contribution in [-0.2, 0) is 0 Å². The second kappa shape index (κ2) is 3.28. The maximum absolute atomic E-state index is 11.2. The van der Waals surface area contributed by atoms with Gasteiger partial charge in [-0.2, -0.15) is 0 Å². The topological polar surface area (TPSA) is 56.2 Å². The second-order valence-corrected chi connectivity index (χ2v) is 3.43. The Morgan fingerprint density at radius 3 is 2.80 bits per heavy atom. The second-order valence-electron chi connectivity index (χ2n) is 3.43. The van der Waals surface area contributed by atoms with E-state index in [2.05, 4.69) is 6.58 Å². The van der Waals surface area contributed by atoms with E-state index in [1.165, 1.54) is 6.07 Å². The van der Waals surface area contributed by atoms with Gasteiger partial charge in [0.15, 0.2) is 0 Å². The lowest BCUT2D eigenvalue weighted by Crippen LogP contribution is -1.99. The van der Waals surface area contributed by atoms with E-state index < -0.39 is 0 Å². The number of rotatable bonds is 1. The summed E-state index contributed by atoms with van der Waals surface area (Å²) in [5.41, 5.74) is 8.28. The molecule has 0 aliphatic carbocycles. The number of hydrogen-bond acceptors (Lipinski definition) is 3. The van der Waals surface area contributed by atoms with Crippen LogP contribution in [0.4, 0.5) is 5.69 Å². The highest BCUT2D eigenvalue weighted by Gasteiger charge is 2.05. The van der Waals surface area contributed by atoms with Gasteiger partial charge in [0, 0.05) is 22.7 Å². The molecule has 0 radical (unpaired) electrons. The van der Waals surface area contributed by atoms with Crippen LogP contribution in [0.1, 0.15) is 11.1 Å². The molecule has 0 aliphatic rings. The summed E-state index contributed by atoms with van der Waals surface area (Å²) in [4.78, 5) is 11.2. The van der Waals surface area contributed by atoms with Crippen LogP contribution in [0.3, 0.4) is 0 Å². The Labute approximate surface area is 86.8 Å². The maximum Gasteiger partial charge on any atom is 0.336 e. The molecule has 0 atom stereocenters. The first kappa shape index (κ1) is 9.52. The van der Waals surface area contributed by atoms with Crippen LogP contribution in [-0.4, -0.2) is 0 Å². The summed E-state index contributed by atoms with van der Waals surface area (Å²) in [7, 11) is 0. The van der Waals surface area contributed by atoms with Gasteiger partial charge in [0.1, 0.15) is 5.58 Å². The summed E-state index contributed by atoms with van der Waals surface area (Å²) in [6.45, 7) is 5.50. The number of nitrogens with two attached hydrogens (primary N) is 1. The Balaban J connectivity index is 2.93. The van der Waals surface area contributed by atoms with E-state index in [1.54, 1.807) is 18.2 Å². The molecule has 3 nitrogen and oxygen atoms in total. The minimum atomic E-state index is -0.347. The smallest absolute Gasteiger partial charge is 0.336 e. The van der Waals surface area contributed by atoms with Crippen molar-refractivity contribution < 1.29 is 4.42 Å². The van der Waals surface area contributed by atoms with Crippen LogP contribution in [0.25, 0.3) is 17.0 Å². The molecule has 2 N–H and O–H groups in total. The van der Waals surface area contributed by atoms with Crippen molar-refractivity contribution in [3.8, 4) is 0 Å². The number of anilines is 1. The predicted octanol–water partition coefficient (Wildman–Crippen LogP) is 2.33. The van der Waals surface area contributed by atoms with Gasteiger partial charge in [-0.05, 0) is 24.6 Å². The van der Waals surface area contributed by atoms with E-state index in [4.69, 9.17) is 10.2 Å². The highest BCUT2D eigenvalue weighted by molar-refractivity contribution is 5.87. The fourth-order valence-corrected chi connectivity index (χ4v) is 1.57. The molecule has 0 fully saturated rings. The largest absolute Gasteiger partial charge is 0.423 e. The fraction of sp³-hybridized carbons (Fsp3) is 0.0833. The van der Waals surface area contributed by atoms with E-state index in [0.29, 0.717) is 11.3 Å². The summed E-state index contributed by atoms with van der Waals surface area (Å²) >= 11 is 0. The van der Waals surface area contributed by atoms with Crippen molar-refractivity contribution >= 4 is 22.7 Å². The number of aryl methyl sites for hydroxylation is 1. The van der Waals surface area contributed by atoms with E-state index >= 15 is 0 Å². The Morgan fingerprint density at radius 1 is 1.40 bits per heavy atom. The zero-order chi connectivity index (χ0) is 11.0. The van der Waals surface area contributed by atoms with Crippen molar-refractivity contribution in [1.82, 2.24) is 0 Å². The zero-order valence-electron chi connectivity index (χ0n) is 8.41. The molecular weight excluding hydrogens is 190 g/mol. The lowest BCUT2D eigenvalue weighted by Gasteiger charge is -2.04. The van der Waals surface area contributed by atoms with Crippen molar-refractivity contribution in [2.75, 3.05) is 5.73 Å². The molecule has 0 saturated carbocycles. The monoisotopic (exact) mass is 201 g/mol. The number of fused-ring (bicyclic) bond motifs is 1. The molecule has 0 saturated heterocycles. The van der Waals surface area contributed by atoms with Gasteiger partial charge in [0.05, 0.1) is 0 Å². The SMILES string of the molecule is C=Cc1cc2oc(=O)cc(C)c2cc1N. The number of benzene rings is 1. The minimum Gasteiger partial charge on any atom is -0.423 e. The Morgan fingerprint density at radius 2 is 2.13 bits per heavy atom. The molecule has 0 amide bonds. The molecule has 1 aromatic carbocycles. The normalized spacial score (nSPS) is 10.5. The highest BCUT2D eigenvalue weighted by Crippen LogP contribution is 2.23. The molecule has 0 spiro atoms. The molecule has 0 aliphatic heterocycles. The minimum absolute atomic E-state index is 0.347. The first-order valence-corrected chi connectivity index (χ1v) is 4.58. The average Bonchev–Trinajstić information content (AvgIpc) is 2.18. The third-order valence-corrected chi connectivity index (χ3v) is 2.37. The van der Waals surface area contributed by atoms with Crippen LogP contribution < -0.4 is 11.4 Å². The molecule has 3 heteroatoms. The molecule has 76 valence electrons. The molecule has 1 aromatic heterocycles. The zero-order valence-corrected chi connectivity index (χ0v) is 8.41. The summed E-state index contributed by atoms with van der Waals surface area (Å²) in [5.74, 6) is 0. The standard InChI is InChI=1S/C12H11NO2/c1-3-8-5-11-9(6-10(8)13)7(2)4-12(14)15-11/h3-6H,1,13H2,2H3. The molecule has 0 unspecified atom stereocenters.